The topological polar surface area (TPSA) is 58.6 Å². The Morgan fingerprint density at radius 1 is 0.952 bits per heavy atom. The molecule has 1 atom stereocenters. The molecule has 42 heavy (non-hydrogen) atoms. The van der Waals surface area contributed by atoms with E-state index < -0.39 is 0 Å². The van der Waals surface area contributed by atoms with Gasteiger partial charge < -0.3 is 15.0 Å². The summed E-state index contributed by atoms with van der Waals surface area (Å²) >= 11 is 1.48. The zero-order valence-electron chi connectivity index (χ0n) is 24.3. The predicted octanol–water partition coefficient (Wildman–Crippen LogP) is 8.34. The molecule has 4 aromatic carbocycles. The summed E-state index contributed by atoms with van der Waals surface area (Å²) in [4.78, 5) is 30.2. The predicted molar refractivity (Wildman–Crippen MR) is 172 cm³/mol. The lowest BCUT2D eigenvalue weighted by Gasteiger charge is -2.30. The van der Waals surface area contributed by atoms with Gasteiger partial charge in [-0.15, -0.1) is 0 Å². The van der Waals surface area contributed by atoms with Crippen LogP contribution in [0.5, 0.6) is 5.75 Å². The molecule has 214 valence electrons. The SMILES string of the molecule is CCCCOc1ccc([C@H](C)NC(=O)c2ccc(/C=C3/Sc4ccccc4N(Cc4ccc(C)cc4)C3=O)cc2)cc1. The van der Waals surface area contributed by atoms with Crippen LogP contribution in [0, 0.1) is 6.92 Å². The number of nitrogens with one attached hydrogen (secondary N) is 1. The van der Waals surface area contributed by atoms with Gasteiger partial charge in [-0.05, 0) is 79.4 Å². The Labute approximate surface area is 252 Å². The van der Waals surface area contributed by atoms with Crippen LogP contribution in [0.3, 0.4) is 0 Å². The number of anilines is 1. The fraction of sp³-hybridized carbons (Fsp3) is 0.222. The van der Waals surface area contributed by atoms with E-state index in [1.807, 2.05) is 78.6 Å². The van der Waals surface area contributed by atoms with Gasteiger partial charge in [0.05, 0.1) is 29.8 Å². The molecule has 6 heteroatoms. The minimum Gasteiger partial charge on any atom is -0.494 e. The van der Waals surface area contributed by atoms with Crippen LogP contribution < -0.4 is 15.0 Å². The Kier molecular flexibility index (Phi) is 9.45. The van der Waals surface area contributed by atoms with Gasteiger partial charge in [0, 0.05) is 10.5 Å². The number of benzene rings is 4. The van der Waals surface area contributed by atoms with Crippen molar-refractivity contribution in [3.63, 3.8) is 0 Å². The molecule has 5 rings (SSSR count). The van der Waals surface area contributed by atoms with E-state index in [0.717, 1.165) is 45.9 Å². The number of ether oxygens (including phenoxy) is 1. The van der Waals surface area contributed by atoms with Crippen molar-refractivity contribution in [3.8, 4) is 5.75 Å². The van der Waals surface area contributed by atoms with Crippen LogP contribution in [0.1, 0.15) is 65.3 Å². The molecule has 1 aliphatic rings. The maximum atomic E-state index is 13.6. The minimum absolute atomic E-state index is 0.0308. The molecule has 1 N–H and O–H groups in total. The zero-order valence-corrected chi connectivity index (χ0v) is 25.1. The summed E-state index contributed by atoms with van der Waals surface area (Å²) in [5.41, 5.74) is 5.63. The van der Waals surface area contributed by atoms with E-state index in [4.69, 9.17) is 4.74 Å². The first-order chi connectivity index (χ1) is 20.4. The van der Waals surface area contributed by atoms with Crippen LogP contribution in [0.4, 0.5) is 5.69 Å². The number of thioether (sulfide) groups is 1. The van der Waals surface area contributed by atoms with Crippen molar-refractivity contribution in [2.24, 2.45) is 0 Å². The highest BCUT2D eigenvalue weighted by atomic mass is 32.2. The summed E-state index contributed by atoms with van der Waals surface area (Å²) in [6, 6.07) is 31.4. The first-order valence-corrected chi connectivity index (χ1v) is 15.2. The first kappa shape index (κ1) is 29.2. The average Bonchev–Trinajstić information content (AvgIpc) is 3.01. The molecule has 4 aromatic rings. The summed E-state index contributed by atoms with van der Waals surface area (Å²) in [6.45, 7) is 7.37. The second-order valence-electron chi connectivity index (χ2n) is 10.5. The monoisotopic (exact) mass is 576 g/mol. The number of carbonyl (C=O) groups is 2. The summed E-state index contributed by atoms with van der Waals surface area (Å²) in [7, 11) is 0. The van der Waals surface area contributed by atoms with Gasteiger partial charge in [-0.25, -0.2) is 0 Å². The molecule has 2 amide bonds. The normalized spacial score (nSPS) is 14.4. The number of aryl methyl sites for hydroxylation is 1. The summed E-state index contributed by atoms with van der Waals surface area (Å²) in [5, 5.41) is 3.08. The Morgan fingerprint density at radius 2 is 1.67 bits per heavy atom. The quantitative estimate of drug-likeness (QED) is 0.152. The van der Waals surface area contributed by atoms with Crippen molar-refractivity contribution < 1.29 is 14.3 Å². The highest BCUT2D eigenvalue weighted by Gasteiger charge is 2.29. The van der Waals surface area contributed by atoms with Gasteiger partial charge in [0.1, 0.15) is 5.75 Å². The Hall–Kier alpha value is -4.29. The van der Waals surface area contributed by atoms with Crippen molar-refractivity contribution in [2.75, 3.05) is 11.5 Å². The fourth-order valence-electron chi connectivity index (χ4n) is 4.73. The minimum atomic E-state index is -0.153. The molecule has 0 unspecified atom stereocenters. The Morgan fingerprint density at radius 3 is 2.38 bits per heavy atom. The van der Waals surface area contributed by atoms with Gasteiger partial charge in [-0.2, -0.15) is 0 Å². The summed E-state index contributed by atoms with van der Waals surface area (Å²) in [6.07, 6.45) is 4.03. The second kappa shape index (κ2) is 13.6. The van der Waals surface area contributed by atoms with Crippen molar-refractivity contribution >= 4 is 35.3 Å². The number of para-hydroxylation sites is 1. The van der Waals surface area contributed by atoms with E-state index >= 15 is 0 Å². The molecule has 5 nitrogen and oxygen atoms in total. The molecule has 0 bridgehead atoms. The van der Waals surface area contributed by atoms with Gasteiger partial charge in [-0.3, -0.25) is 9.59 Å². The molecular formula is C36H36N2O3S. The fourth-order valence-corrected chi connectivity index (χ4v) is 5.79. The molecule has 1 aliphatic heterocycles. The Balaban J connectivity index is 1.26. The van der Waals surface area contributed by atoms with E-state index in [-0.39, 0.29) is 17.9 Å². The van der Waals surface area contributed by atoms with Crippen LogP contribution in [0.2, 0.25) is 0 Å². The van der Waals surface area contributed by atoms with Gasteiger partial charge in [-0.1, -0.05) is 91.3 Å². The third-order valence-corrected chi connectivity index (χ3v) is 8.34. The summed E-state index contributed by atoms with van der Waals surface area (Å²) in [5.74, 6) is 0.662. The third kappa shape index (κ3) is 7.12. The molecule has 0 fully saturated rings. The molecule has 0 aliphatic carbocycles. The number of fused-ring (bicyclic) bond motifs is 1. The van der Waals surface area contributed by atoms with E-state index in [9.17, 15) is 9.59 Å². The van der Waals surface area contributed by atoms with Crippen LogP contribution in [-0.4, -0.2) is 18.4 Å². The van der Waals surface area contributed by atoms with Crippen molar-refractivity contribution in [1.82, 2.24) is 5.32 Å². The number of carbonyl (C=O) groups excluding carboxylic acids is 2. The number of unbranched alkanes of at least 4 members (excludes halogenated alkanes) is 1. The van der Waals surface area contributed by atoms with Gasteiger partial charge in [0.15, 0.2) is 0 Å². The molecule has 0 radical (unpaired) electrons. The molecule has 0 saturated heterocycles. The van der Waals surface area contributed by atoms with Crippen molar-refractivity contribution in [1.29, 1.82) is 0 Å². The van der Waals surface area contributed by atoms with Crippen LogP contribution >= 0.6 is 11.8 Å². The zero-order chi connectivity index (χ0) is 29.5. The lowest BCUT2D eigenvalue weighted by molar-refractivity contribution is -0.114. The smallest absolute Gasteiger partial charge is 0.265 e. The van der Waals surface area contributed by atoms with E-state index in [0.29, 0.717) is 23.6 Å². The molecule has 1 heterocycles. The van der Waals surface area contributed by atoms with Gasteiger partial charge in [0.25, 0.3) is 11.8 Å². The van der Waals surface area contributed by atoms with Crippen LogP contribution in [0.15, 0.2) is 107 Å². The molecule has 0 saturated carbocycles. The van der Waals surface area contributed by atoms with E-state index in [2.05, 4.69) is 43.4 Å². The van der Waals surface area contributed by atoms with Crippen LogP contribution in [0.25, 0.3) is 6.08 Å². The number of rotatable bonds is 10. The second-order valence-corrected chi connectivity index (χ2v) is 11.6. The average molecular weight is 577 g/mol. The maximum Gasteiger partial charge on any atom is 0.265 e. The van der Waals surface area contributed by atoms with E-state index in [1.54, 1.807) is 12.1 Å². The van der Waals surface area contributed by atoms with Crippen molar-refractivity contribution in [3.05, 3.63) is 130 Å². The highest BCUT2D eigenvalue weighted by molar-refractivity contribution is 8.04. The van der Waals surface area contributed by atoms with Crippen molar-refractivity contribution in [2.45, 2.75) is 51.1 Å². The molecular weight excluding hydrogens is 540 g/mol. The number of hydrogen-bond donors (Lipinski definition) is 1. The highest BCUT2D eigenvalue weighted by Crippen LogP contribution is 2.42. The largest absolute Gasteiger partial charge is 0.494 e. The molecule has 0 spiro atoms. The summed E-state index contributed by atoms with van der Waals surface area (Å²) < 4.78 is 5.74. The lowest BCUT2D eigenvalue weighted by atomic mass is 10.1. The first-order valence-electron chi connectivity index (χ1n) is 14.4. The number of amides is 2. The number of nitrogens with zero attached hydrogens (tertiary/aromatic N) is 1. The molecule has 0 aromatic heterocycles. The maximum absolute atomic E-state index is 13.6. The standard InChI is InChI=1S/C36H36N2O3S/c1-4-5-22-41-31-20-18-29(19-21-31)26(3)37-35(39)30-16-14-27(15-17-30)23-34-36(40)38(24-28-12-10-25(2)11-13-28)32-8-6-7-9-33(32)42-34/h6-21,23,26H,4-5,22,24H2,1-3H3,(H,37,39)/b34-23+/t26-/m0/s1. The van der Waals surface area contributed by atoms with Gasteiger partial charge in [0.2, 0.25) is 0 Å². The third-order valence-electron chi connectivity index (χ3n) is 7.26. The lowest BCUT2D eigenvalue weighted by Crippen LogP contribution is -2.33. The van der Waals surface area contributed by atoms with Crippen LogP contribution in [-0.2, 0) is 11.3 Å². The van der Waals surface area contributed by atoms with Gasteiger partial charge >= 0.3 is 0 Å². The number of hydrogen-bond acceptors (Lipinski definition) is 4. The van der Waals surface area contributed by atoms with E-state index in [1.165, 1.54) is 17.3 Å². The Bertz CT molecular complexity index is 1560.